The molecule has 1 N–H and O–H groups in total. The van der Waals surface area contributed by atoms with E-state index in [0.29, 0.717) is 30.2 Å². The van der Waals surface area contributed by atoms with Gasteiger partial charge < -0.3 is 19.5 Å². The minimum atomic E-state index is -0.228. The molecule has 5 nitrogen and oxygen atoms in total. The highest BCUT2D eigenvalue weighted by Crippen LogP contribution is 2.25. The second kappa shape index (κ2) is 11.2. The lowest BCUT2D eigenvalue weighted by atomic mass is 10.1. The summed E-state index contributed by atoms with van der Waals surface area (Å²) in [7, 11) is 0. The van der Waals surface area contributed by atoms with Crippen molar-refractivity contribution in [3.05, 3.63) is 88.4 Å². The van der Waals surface area contributed by atoms with Crippen LogP contribution in [-0.4, -0.2) is 31.8 Å². The maximum atomic E-state index is 12.9. The number of anilines is 1. The van der Waals surface area contributed by atoms with Crippen molar-refractivity contribution in [2.75, 3.05) is 25.1 Å². The molecule has 1 fully saturated rings. The molecule has 0 aliphatic carbocycles. The fourth-order valence-electron chi connectivity index (χ4n) is 3.53. The summed E-state index contributed by atoms with van der Waals surface area (Å²) in [5, 5.41) is 2.94. The summed E-state index contributed by atoms with van der Waals surface area (Å²) < 4.78 is 18.1. The first-order valence-electron chi connectivity index (χ1n) is 10.8. The Bertz CT molecular complexity index is 1020. The second-order valence-corrected chi connectivity index (χ2v) is 8.56. The van der Waals surface area contributed by atoms with Crippen molar-refractivity contribution in [2.24, 2.45) is 0 Å². The second-order valence-electron chi connectivity index (χ2n) is 7.65. The lowest BCUT2D eigenvalue weighted by molar-refractivity contribution is 0.0679. The summed E-state index contributed by atoms with van der Waals surface area (Å²) in [6.07, 6.45) is 3.07. The number of carbonyl (C=O) groups excluding carboxylic acids is 1. The van der Waals surface area contributed by atoms with Gasteiger partial charge in [0.2, 0.25) is 0 Å². The molecule has 1 aliphatic rings. The van der Waals surface area contributed by atoms with Gasteiger partial charge in [-0.05, 0) is 60.9 Å². The average molecular weight is 496 g/mol. The highest BCUT2D eigenvalue weighted by Gasteiger charge is 2.16. The molecule has 1 amide bonds. The normalized spacial score (nSPS) is 15.3. The first kappa shape index (κ1) is 22.4. The standard InChI is InChI=1S/C26H26BrNO4/c27-20-8-13-25(31-16-14-19-5-2-1-3-6-19)24(17-20)26(29)28-21-9-11-22(12-10-21)32-18-23-7-4-15-30-23/h1-3,5-6,8-13,17,23H,4,7,14-16,18H2,(H,28,29). The van der Waals surface area contributed by atoms with Crippen LogP contribution >= 0.6 is 15.9 Å². The van der Waals surface area contributed by atoms with Gasteiger partial charge in [-0.15, -0.1) is 0 Å². The summed E-state index contributed by atoms with van der Waals surface area (Å²) in [5.41, 5.74) is 2.36. The van der Waals surface area contributed by atoms with Gasteiger partial charge in [0.15, 0.2) is 0 Å². The van der Waals surface area contributed by atoms with Crippen LogP contribution in [0.25, 0.3) is 0 Å². The van der Waals surface area contributed by atoms with Crippen molar-refractivity contribution in [2.45, 2.75) is 25.4 Å². The fraction of sp³-hybridized carbons (Fsp3) is 0.269. The van der Waals surface area contributed by atoms with Gasteiger partial charge in [-0.2, -0.15) is 0 Å². The molecule has 166 valence electrons. The molecule has 1 atom stereocenters. The molecular weight excluding hydrogens is 470 g/mol. The van der Waals surface area contributed by atoms with Crippen LogP contribution in [0.4, 0.5) is 5.69 Å². The van der Waals surface area contributed by atoms with Crippen LogP contribution in [0, 0.1) is 0 Å². The lowest BCUT2D eigenvalue weighted by Crippen LogP contribution is -2.16. The van der Waals surface area contributed by atoms with Crippen LogP contribution in [0.15, 0.2) is 77.3 Å². The van der Waals surface area contributed by atoms with Crippen LogP contribution in [0.5, 0.6) is 11.5 Å². The molecule has 0 bridgehead atoms. The predicted molar refractivity (Wildman–Crippen MR) is 129 cm³/mol. The Labute approximate surface area is 196 Å². The quantitative estimate of drug-likeness (QED) is 0.402. The summed E-state index contributed by atoms with van der Waals surface area (Å²) in [4.78, 5) is 12.9. The van der Waals surface area contributed by atoms with Crippen LogP contribution in [0.1, 0.15) is 28.8 Å². The van der Waals surface area contributed by atoms with Crippen LogP contribution in [0.3, 0.4) is 0 Å². The van der Waals surface area contributed by atoms with Gasteiger partial charge in [-0.1, -0.05) is 46.3 Å². The number of carbonyl (C=O) groups is 1. The maximum absolute atomic E-state index is 12.9. The van der Waals surface area contributed by atoms with Crippen molar-refractivity contribution in [3.8, 4) is 11.5 Å². The van der Waals surface area contributed by atoms with Gasteiger partial charge >= 0.3 is 0 Å². The molecule has 0 aromatic heterocycles. The van der Waals surface area contributed by atoms with E-state index in [0.717, 1.165) is 36.1 Å². The Kier molecular flexibility index (Phi) is 7.80. The van der Waals surface area contributed by atoms with Gasteiger partial charge in [0, 0.05) is 23.2 Å². The highest BCUT2D eigenvalue weighted by molar-refractivity contribution is 9.10. The smallest absolute Gasteiger partial charge is 0.259 e. The largest absolute Gasteiger partial charge is 0.492 e. The number of nitrogens with one attached hydrogen (secondary N) is 1. The Morgan fingerprint density at radius 3 is 2.59 bits per heavy atom. The van der Waals surface area contributed by atoms with Crippen LogP contribution < -0.4 is 14.8 Å². The third-order valence-electron chi connectivity index (χ3n) is 5.25. The summed E-state index contributed by atoms with van der Waals surface area (Å²) in [6, 6.07) is 22.9. The highest BCUT2D eigenvalue weighted by atomic mass is 79.9. The Hall–Kier alpha value is -2.83. The van der Waals surface area contributed by atoms with E-state index < -0.39 is 0 Å². The molecule has 1 heterocycles. The number of rotatable bonds is 9. The number of hydrogen-bond donors (Lipinski definition) is 1. The average Bonchev–Trinajstić information content (AvgIpc) is 3.34. The Balaban J connectivity index is 1.35. The summed E-state index contributed by atoms with van der Waals surface area (Å²) in [6.45, 7) is 1.85. The van der Waals surface area contributed by atoms with E-state index in [2.05, 4.69) is 33.4 Å². The third-order valence-corrected chi connectivity index (χ3v) is 5.74. The number of amides is 1. The maximum Gasteiger partial charge on any atom is 0.259 e. The van der Waals surface area contributed by atoms with E-state index in [1.807, 2.05) is 54.6 Å². The zero-order chi connectivity index (χ0) is 22.2. The molecule has 1 saturated heterocycles. The number of ether oxygens (including phenoxy) is 3. The molecule has 1 unspecified atom stereocenters. The van der Waals surface area contributed by atoms with Crippen molar-refractivity contribution in [3.63, 3.8) is 0 Å². The monoisotopic (exact) mass is 495 g/mol. The SMILES string of the molecule is O=C(Nc1ccc(OCC2CCCO2)cc1)c1cc(Br)ccc1OCCc1ccccc1. The Morgan fingerprint density at radius 2 is 1.84 bits per heavy atom. The summed E-state index contributed by atoms with van der Waals surface area (Å²) in [5.74, 6) is 1.08. The van der Waals surface area contributed by atoms with E-state index in [9.17, 15) is 4.79 Å². The van der Waals surface area contributed by atoms with Gasteiger partial charge in [0.05, 0.1) is 18.3 Å². The molecular formula is C26H26BrNO4. The van der Waals surface area contributed by atoms with Crippen molar-refractivity contribution < 1.29 is 19.0 Å². The topological polar surface area (TPSA) is 56.8 Å². The van der Waals surface area contributed by atoms with Gasteiger partial charge in [-0.3, -0.25) is 4.79 Å². The van der Waals surface area contributed by atoms with E-state index >= 15 is 0 Å². The van der Waals surface area contributed by atoms with Crippen LogP contribution in [-0.2, 0) is 11.2 Å². The minimum Gasteiger partial charge on any atom is -0.492 e. The van der Waals surface area contributed by atoms with Gasteiger partial charge in [-0.25, -0.2) is 0 Å². The van der Waals surface area contributed by atoms with Crippen molar-refractivity contribution >= 4 is 27.5 Å². The fourth-order valence-corrected chi connectivity index (χ4v) is 3.89. The first-order chi connectivity index (χ1) is 15.7. The van der Waals surface area contributed by atoms with Gasteiger partial charge in [0.25, 0.3) is 5.91 Å². The minimum absolute atomic E-state index is 0.172. The van der Waals surface area contributed by atoms with Crippen molar-refractivity contribution in [1.82, 2.24) is 0 Å². The van der Waals surface area contributed by atoms with Gasteiger partial charge in [0.1, 0.15) is 18.1 Å². The predicted octanol–water partition coefficient (Wildman–Crippen LogP) is 5.88. The zero-order valence-corrected chi connectivity index (χ0v) is 19.3. The van der Waals surface area contributed by atoms with Crippen molar-refractivity contribution in [1.29, 1.82) is 0 Å². The Morgan fingerprint density at radius 1 is 1.03 bits per heavy atom. The molecule has 6 heteroatoms. The summed E-state index contributed by atoms with van der Waals surface area (Å²) >= 11 is 3.45. The van der Waals surface area contributed by atoms with Crippen LogP contribution in [0.2, 0.25) is 0 Å². The molecule has 3 aromatic carbocycles. The van der Waals surface area contributed by atoms with E-state index in [1.54, 1.807) is 6.07 Å². The molecule has 0 radical (unpaired) electrons. The first-order valence-corrected chi connectivity index (χ1v) is 11.6. The van der Waals surface area contributed by atoms with E-state index in [-0.39, 0.29) is 12.0 Å². The molecule has 0 spiro atoms. The number of halogens is 1. The third kappa shape index (κ3) is 6.34. The number of hydrogen-bond acceptors (Lipinski definition) is 4. The van der Waals surface area contributed by atoms with E-state index in [4.69, 9.17) is 14.2 Å². The molecule has 1 aliphatic heterocycles. The molecule has 4 rings (SSSR count). The molecule has 3 aromatic rings. The molecule has 32 heavy (non-hydrogen) atoms. The zero-order valence-electron chi connectivity index (χ0n) is 17.8. The number of benzene rings is 3. The molecule has 0 saturated carbocycles. The lowest BCUT2D eigenvalue weighted by Gasteiger charge is -2.14. The van der Waals surface area contributed by atoms with E-state index in [1.165, 1.54) is 5.56 Å².